The number of nitrogens with zero attached hydrogens (tertiary/aromatic N) is 4. The van der Waals surface area contributed by atoms with Crippen molar-refractivity contribution in [1.82, 2.24) is 19.9 Å². The third kappa shape index (κ3) is 4.93. The van der Waals surface area contributed by atoms with Gasteiger partial charge in [-0.25, -0.2) is 4.68 Å². The van der Waals surface area contributed by atoms with E-state index in [-0.39, 0.29) is 18.2 Å². The van der Waals surface area contributed by atoms with E-state index >= 15 is 0 Å². The predicted octanol–water partition coefficient (Wildman–Crippen LogP) is 5.69. The number of aryl methyl sites for hydroxylation is 4. The van der Waals surface area contributed by atoms with Crippen LogP contribution in [0.15, 0.2) is 48.5 Å². The van der Waals surface area contributed by atoms with Gasteiger partial charge in [-0.2, -0.15) is 0 Å². The summed E-state index contributed by atoms with van der Waals surface area (Å²) >= 11 is 0. The fourth-order valence-corrected chi connectivity index (χ4v) is 6.02. The molecule has 4 aromatic rings. The van der Waals surface area contributed by atoms with Crippen LogP contribution in [0.2, 0.25) is 0 Å². The number of carboxylic acid groups (broad SMARTS) is 1. The van der Waals surface area contributed by atoms with Gasteiger partial charge in [-0.1, -0.05) is 61.5 Å². The van der Waals surface area contributed by atoms with Gasteiger partial charge in [-0.3, -0.25) is 9.59 Å². The molecule has 1 aliphatic heterocycles. The average Bonchev–Trinajstić information content (AvgIpc) is 3.39. The zero-order chi connectivity index (χ0) is 27.7. The SMILES string of the molecule is CCc1cccc(CC)c1C(=O)N1CCc2ccc(C(CC(=O)O)c3ccc4c(nnn4CC)c3C)cc2C1. The second kappa shape index (κ2) is 11.0. The number of benzene rings is 3. The molecule has 2 heterocycles. The maximum Gasteiger partial charge on any atom is 0.304 e. The Bertz CT molecular complexity index is 1530. The second-order valence-electron chi connectivity index (χ2n) is 10.4. The molecule has 1 aromatic heterocycles. The highest BCUT2D eigenvalue weighted by molar-refractivity contribution is 5.97. The number of rotatable bonds is 8. The highest BCUT2D eigenvalue weighted by atomic mass is 16.4. The van der Waals surface area contributed by atoms with Gasteiger partial charge in [-0.15, -0.1) is 5.10 Å². The lowest BCUT2D eigenvalue weighted by Gasteiger charge is -2.31. The summed E-state index contributed by atoms with van der Waals surface area (Å²) in [6.07, 6.45) is 2.39. The molecule has 202 valence electrons. The van der Waals surface area contributed by atoms with Gasteiger partial charge in [0.15, 0.2) is 0 Å². The minimum absolute atomic E-state index is 0.0283. The van der Waals surface area contributed by atoms with Gasteiger partial charge in [0.05, 0.1) is 11.9 Å². The van der Waals surface area contributed by atoms with Gasteiger partial charge in [0.2, 0.25) is 0 Å². The highest BCUT2D eigenvalue weighted by Gasteiger charge is 2.27. The fourth-order valence-electron chi connectivity index (χ4n) is 6.02. The molecule has 1 amide bonds. The van der Waals surface area contributed by atoms with Crippen molar-refractivity contribution in [3.63, 3.8) is 0 Å². The molecule has 0 bridgehead atoms. The third-order valence-corrected chi connectivity index (χ3v) is 8.18. The topological polar surface area (TPSA) is 88.3 Å². The van der Waals surface area contributed by atoms with Crippen molar-refractivity contribution in [1.29, 1.82) is 0 Å². The smallest absolute Gasteiger partial charge is 0.304 e. The number of aromatic nitrogens is 3. The molecule has 7 nitrogen and oxygen atoms in total. The Morgan fingerprint density at radius 3 is 2.41 bits per heavy atom. The molecule has 0 saturated heterocycles. The van der Waals surface area contributed by atoms with Gasteiger partial charge >= 0.3 is 5.97 Å². The van der Waals surface area contributed by atoms with E-state index in [9.17, 15) is 14.7 Å². The average molecular weight is 525 g/mol. The van der Waals surface area contributed by atoms with E-state index in [0.717, 1.165) is 75.8 Å². The van der Waals surface area contributed by atoms with Crippen LogP contribution in [0.25, 0.3) is 11.0 Å². The summed E-state index contributed by atoms with van der Waals surface area (Å²) in [6.45, 7) is 10.1. The van der Waals surface area contributed by atoms with E-state index in [1.807, 2.05) is 41.6 Å². The molecule has 39 heavy (non-hydrogen) atoms. The molecule has 0 aliphatic carbocycles. The zero-order valence-electron chi connectivity index (χ0n) is 23.2. The summed E-state index contributed by atoms with van der Waals surface area (Å²) < 4.78 is 1.85. The molecule has 5 rings (SSSR count). The Kier molecular flexibility index (Phi) is 7.51. The van der Waals surface area contributed by atoms with Crippen molar-refractivity contribution in [2.24, 2.45) is 0 Å². The Morgan fingerprint density at radius 1 is 1.00 bits per heavy atom. The van der Waals surface area contributed by atoms with Crippen molar-refractivity contribution in [2.75, 3.05) is 6.54 Å². The Hall–Kier alpha value is -4.00. The van der Waals surface area contributed by atoms with Crippen LogP contribution >= 0.6 is 0 Å². The largest absolute Gasteiger partial charge is 0.481 e. The number of hydrogen-bond donors (Lipinski definition) is 1. The number of carboxylic acids is 1. The number of carbonyl (C=O) groups is 2. The summed E-state index contributed by atoms with van der Waals surface area (Å²) in [5, 5.41) is 18.5. The minimum atomic E-state index is -0.852. The van der Waals surface area contributed by atoms with Crippen LogP contribution < -0.4 is 0 Å². The molecule has 1 N–H and O–H groups in total. The molecule has 0 radical (unpaired) electrons. The first-order valence-corrected chi connectivity index (χ1v) is 13.9. The van der Waals surface area contributed by atoms with Gasteiger partial charge in [0, 0.05) is 31.1 Å². The molecule has 1 atom stereocenters. The molecular weight excluding hydrogens is 488 g/mol. The maximum absolute atomic E-state index is 13.8. The molecule has 1 aliphatic rings. The van der Waals surface area contributed by atoms with Gasteiger partial charge < -0.3 is 10.0 Å². The van der Waals surface area contributed by atoms with E-state index in [1.54, 1.807) is 0 Å². The molecular formula is C32H36N4O3. The first-order valence-electron chi connectivity index (χ1n) is 13.9. The lowest BCUT2D eigenvalue weighted by atomic mass is 9.83. The Balaban J connectivity index is 1.50. The van der Waals surface area contributed by atoms with Crippen LogP contribution in [0, 0.1) is 6.92 Å². The van der Waals surface area contributed by atoms with Crippen LogP contribution in [0.5, 0.6) is 0 Å². The van der Waals surface area contributed by atoms with E-state index < -0.39 is 5.97 Å². The Morgan fingerprint density at radius 2 is 1.74 bits per heavy atom. The molecule has 7 heteroatoms. The van der Waals surface area contributed by atoms with Crippen LogP contribution in [-0.2, 0) is 37.1 Å². The maximum atomic E-state index is 13.8. The highest BCUT2D eigenvalue weighted by Crippen LogP contribution is 2.35. The predicted molar refractivity (Wildman–Crippen MR) is 152 cm³/mol. The quantitative estimate of drug-likeness (QED) is 0.320. The number of fused-ring (bicyclic) bond motifs is 2. The summed E-state index contributed by atoms with van der Waals surface area (Å²) in [5.41, 5.74) is 9.93. The van der Waals surface area contributed by atoms with Crippen molar-refractivity contribution in [3.05, 3.63) is 93.0 Å². The first-order chi connectivity index (χ1) is 18.9. The van der Waals surface area contributed by atoms with Crippen molar-refractivity contribution < 1.29 is 14.7 Å². The Labute approximate surface area is 229 Å². The van der Waals surface area contributed by atoms with E-state index in [2.05, 4.69) is 54.5 Å². The lowest BCUT2D eigenvalue weighted by Crippen LogP contribution is -2.37. The fraction of sp³-hybridized carbons (Fsp3) is 0.375. The van der Waals surface area contributed by atoms with Crippen molar-refractivity contribution in [3.8, 4) is 0 Å². The van der Waals surface area contributed by atoms with Gasteiger partial charge in [-0.05, 0) is 78.1 Å². The molecule has 0 saturated carbocycles. The summed E-state index contributed by atoms with van der Waals surface area (Å²) in [6, 6.07) is 16.4. The van der Waals surface area contributed by atoms with Gasteiger partial charge in [0.1, 0.15) is 5.52 Å². The zero-order valence-corrected chi connectivity index (χ0v) is 23.2. The minimum Gasteiger partial charge on any atom is -0.481 e. The van der Waals surface area contributed by atoms with Crippen LogP contribution in [-0.4, -0.2) is 43.4 Å². The number of aliphatic carboxylic acids is 1. The number of carbonyl (C=O) groups excluding carboxylic acids is 1. The first kappa shape index (κ1) is 26.6. The standard InChI is InChI=1S/C32H36N4O3/c1-5-21-9-8-10-22(6-2)30(21)32(39)35-16-15-23-11-12-24(17-25(23)19-35)27(18-29(37)38)26-13-14-28-31(20(26)4)33-34-36(28)7-3/h8-14,17,27H,5-7,15-16,18-19H2,1-4H3,(H,37,38). The number of hydrogen-bond acceptors (Lipinski definition) is 4. The summed E-state index contributed by atoms with van der Waals surface area (Å²) in [7, 11) is 0. The molecule has 1 unspecified atom stereocenters. The second-order valence-corrected chi connectivity index (χ2v) is 10.4. The third-order valence-electron chi connectivity index (χ3n) is 8.18. The van der Waals surface area contributed by atoms with E-state index in [1.165, 1.54) is 5.56 Å². The van der Waals surface area contributed by atoms with E-state index in [0.29, 0.717) is 13.1 Å². The lowest BCUT2D eigenvalue weighted by molar-refractivity contribution is -0.137. The number of amides is 1. The monoisotopic (exact) mass is 524 g/mol. The van der Waals surface area contributed by atoms with E-state index in [4.69, 9.17) is 0 Å². The normalized spacial score (nSPS) is 13.9. The van der Waals surface area contributed by atoms with Crippen LogP contribution in [0.1, 0.15) is 82.4 Å². The summed E-state index contributed by atoms with van der Waals surface area (Å²) in [5.74, 6) is -1.10. The van der Waals surface area contributed by atoms with Gasteiger partial charge in [0.25, 0.3) is 5.91 Å². The molecule has 0 fully saturated rings. The van der Waals surface area contributed by atoms with Crippen LogP contribution in [0.3, 0.4) is 0 Å². The van der Waals surface area contributed by atoms with Crippen molar-refractivity contribution >= 4 is 22.9 Å². The summed E-state index contributed by atoms with van der Waals surface area (Å²) in [4.78, 5) is 27.7. The molecule has 3 aromatic carbocycles. The van der Waals surface area contributed by atoms with Crippen LogP contribution in [0.4, 0.5) is 0 Å². The van der Waals surface area contributed by atoms with Crippen molar-refractivity contribution in [2.45, 2.75) is 72.4 Å². The molecule has 0 spiro atoms.